The molecule has 0 aliphatic heterocycles. The van der Waals surface area contributed by atoms with Crippen molar-refractivity contribution in [2.45, 2.75) is 50.0 Å². The molecule has 0 unspecified atom stereocenters. The predicted octanol–water partition coefficient (Wildman–Crippen LogP) is 3.99. The summed E-state index contributed by atoms with van der Waals surface area (Å²) in [6.45, 7) is 2.13. The summed E-state index contributed by atoms with van der Waals surface area (Å²) in [5.41, 5.74) is 1.31. The normalized spacial score (nSPS) is 16.1. The number of hydrogen-bond acceptors (Lipinski definition) is 2. The van der Waals surface area contributed by atoms with E-state index in [-0.39, 0.29) is 5.24 Å². The number of benzene rings is 1. The molecule has 2 nitrogen and oxygen atoms in total. The molecule has 1 fully saturated rings. The maximum Gasteiger partial charge on any atom is 0.284 e. The van der Waals surface area contributed by atoms with E-state index in [1.54, 1.807) is 0 Å². The van der Waals surface area contributed by atoms with E-state index in [0.29, 0.717) is 6.04 Å². The van der Waals surface area contributed by atoms with Crippen molar-refractivity contribution in [2.75, 3.05) is 0 Å². The third-order valence-corrected chi connectivity index (χ3v) is 4.03. The molecule has 3 heteroatoms. The number of rotatable bonds is 3. The van der Waals surface area contributed by atoms with Crippen molar-refractivity contribution in [1.82, 2.24) is 5.32 Å². The van der Waals surface area contributed by atoms with Gasteiger partial charge in [0.05, 0.1) is 0 Å². The number of carbonyl (C=O) groups is 1. The van der Waals surface area contributed by atoms with Crippen LogP contribution in [0.15, 0.2) is 29.2 Å². The first-order valence-corrected chi connectivity index (χ1v) is 7.17. The molecule has 0 aromatic heterocycles. The summed E-state index contributed by atoms with van der Waals surface area (Å²) in [5.74, 6) is 0. The molecular weight excluding hydrogens is 230 g/mol. The quantitative estimate of drug-likeness (QED) is 0.821. The largest absolute Gasteiger partial charge is 0.344 e. The van der Waals surface area contributed by atoms with Crippen LogP contribution in [-0.4, -0.2) is 11.3 Å². The summed E-state index contributed by atoms with van der Waals surface area (Å²) in [4.78, 5) is 12.8. The van der Waals surface area contributed by atoms with Gasteiger partial charge in [-0.15, -0.1) is 0 Å². The summed E-state index contributed by atoms with van der Waals surface area (Å²) in [7, 11) is 0. The predicted molar refractivity (Wildman–Crippen MR) is 72.5 cm³/mol. The van der Waals surface area contributed by atoms with Crippen molar-refractivity contribution in [3.8, 4) is 0 Å². The highest BCUT2D eigenvalue weighted by molar-refractivity contribution is 8.13. The molecule has 0 spiro atoms. The van der Waals surface area contributed by atoms with Crippen molar-refractivity contribution < 1.29 is 4.79 Å². The number of carbonyl (C=O) groups excluding carboxylic acids is 1. The summed E-state index contributed by atoms with van der Waals surface area (Å²) in [6.07, 6.45) is 5.82. The first-order chi connectivity index (χ1) is 8.28. The van der Waals surface area contributed by atoms with Gasteiger partial charge in [-0.3, -0.25) is 4.79 Å². The van der Waals surface area contributed by atoms with Gasteiger partial charge >= 0.3 is 0 Å². The van der Waals surface area contributed by atoms with Gasteiger partial charge in [0.1, 0.15) is 0 Å². The average molecular weight is 249 g/mol. The van der Waals surface area contributed by atoms with Crippen molar-refractivity contribution in [3.63, 3.8) is 0 Å². The first-order valence-electron chi connectivity index (χ1n) is 6.35. The van der Waals surface area contributed by atoms with Gasteiger partial charge < -0.3 is 5.32 Å². The average Bonchev–Trinajstić information content (AvgIpc) is 2.82. The van der Waals surface area contributed by atoms with Gasteiger partial charge in [-0.2, -0.15) is 0 Å². The molecule has 2 rings (SSSR count). The Morgan fingerprint density at radius 3 is 2.53 bits per heavy atom. The van der Waals surface area contributed by atoms with Crippen molar-refractivity contribution in [3.05, 3.63) is 29.8 Å². The minimum atomic E-state index is 0.0844. The Morgan fingerprint density at radius 2 is 1.94 bits per heavy atom. The highest BCUT2D eigenvalue weighted by atomic mass is 32.2. The smallest absolute Gasteiger partial charge is 0.284 e. The molecular formula is C14H19NOS. The van der Waals surface area contributed by atoms with E-state index in [1.165, 1.54) is 30.2 Å². The van der Waals surface area contributed by atoms with Crippen molar-refractivity contribution in [2.24, 2.45) is 0 Å². The Balaban J connectivity index is 1.84. The van der Waals surface area contributed by atoms with E-state index < -0.39 is 0 Å². The number of aryl methyl sites for hydroxylation is 1. The molecule has 0 saturated heterocycles. The van der Waals surface area contributed by atoms with Crippen LogP contribution in [0.1, 0.15) is 38.2 Å². The van der Waals surface area contributed by atoms with Crippen LogP contribution >= 0.6 is 11.8 Å². The number of nitrogens with one attached hydrogen (secondary N) is 1. The van der Waals surface area contributed by atoms with Gasteiger partial charge in [0.2, 0.25) is 0 Å². The number of amides is 1. The molecule has 1 N–H and O–H groups in total. The minimum Gasteiger partial charge on any atom is -0.344 e. The lowest BCUT2D eigenvalue weighted by molar-refractivity contribution is 0.257. The lowest BCUT2D eigenvalue weighted by atomic mass is 10.2. The lowest BCUT2D eigenvalue weighted by Crippen LogP contribution is -2.29. The van der Waals surface area contributed by atoms with E-state index in [4.69, 9.17) is 0 Å². The van der Waals surface area contributed by atoms with Gasteiger partial charge in [0.15, 0.2) is 0 Å². The molecule has 1 aliphatic rings. The van der Waals surface area contributed by atoms with Gasteiger partial charge in [-0.1, -0.05) is 31.9 Å². The van der Waals surface area contributed by atoms with Gasteiger partial charge in [-0.25, -0.2) is 0 Å². The Morgan fingerprint density at radius 1 is 1.29 bits per heavy atom. The molecule has 1 aromatic rings. The molecule has 0 bridgehead atoms. The maximum atomic E-state index is 11.8. The van der Waals surface area contributed by atoms with Gasteiger partial charge in [0, 0.05) is 10.9 Å². The molecule has 0 radical (unpaired) electrons. The van der Waals surface area contributed by atoms with Crippen LogP contribution in [0.4, 0.5) is 4.79 Å². The van der Waals surface area contributed by atoms with E-state index in [0.717, 1.165) is 24.2 Å². The zero-order valence-electron chi connectivity index (χ0n) is 10.2. The zero-order valence-corrected chi connectivity index (χ0v) is 11.1. The summed E-state index contributed by atoms with van der Waals surface area (Å²) in [6, 6.07) is 8.64. The van der Waals surface area contributed by atoms with Crippen LogP contribution in [0.3, 0.4) is 0 Å². The van der Waals surface area contributed by atoms with E-state index in [9.17, 15) is 4.79 Å². The highest BCUT2D eigenvalue weighted by Gasteiger charge is 2.17. The fourth-order valence-corrected chi connectivity index (χ4v) is 2.88. The second-order valence-corrected chi connectivity index (χ2v) is 5.56. The molecule has 0 heterocycles. The summed E-state index contributed by atoms with van der Waals surface area (Å²) >= 11 is 1.30. The van der Waals surface area contributed by atoms with E-state index in [2.05, 4.69) is 24.4 Å². The molecule has 92 valence electrons. The summed E-state index contributed by atoms with van der Waals surface area (Å²) < 4.78 is 0. The SMILES string of the molecule is CCc1ccc(SC(=O)NC2CCCC2)cc1. The van der Waals surface area contributed by atoms with Gasteiger partial charge in [0.25, 0.3) is 5.24 Å². The van der Waals surface area contributed by atoms with Crippen LogP contribution in [0, 0.1) is 0 Å². The molecule has 0 atom stereocenters. The van der Waals surface area contributed by atoms with Gasteiger partial charge in [-0.05, 0) is 48.7 Å². The zero-order chi connectivity index (χ0) is 12.1. The number of hydrogen-bond donors (Lipinski definition) is 1. The molecule has 17 heavy (non-hydrogen) atoms. The van der Waals surface area contributed by atoms with Crippen LogP contribution in [0.5, 0.6) is 0 Å². The summed E-state index contributed by atoms with van der Waals surface area (Å²) in [5, 5.41) is 3.16. The number of thioether (sulfide) groups is 1. The molecule has 1 amide bonds. The van der Waals surface area contributed by atoms with E-state index in [1.807, 2.05) is 12.1 Å². The fraction of sp³-hybridized carbons (Fsp3) is 0.500. The van der Waals surface area contributed by atoms with Crippen LogP contribution < -0.4 is 5.32 Å². The molecule has 1 saturated carbocycles. The Bertz CT molecular complexity index is 368. The lowest BCUT2D eigenvalue weighted by Gasteiger charge is -2.11. The Hall–Kier alpha value is -0.960. The van der Waals surface area contributed by atoms with Crippen molar-refractivity contribution >= 4 is 17.0 Å². The molecule has 1 aliphatic carbocycles. The maximum absolute atomic E-state index is 11.8. The third-order valence-electron chi connectivity index (χ3n) is 3.22. The van der Waals surface area contributed by atoms with Crippen LogP contribution in [0.2, 0.25) is 0 Å². The minimum absolute atomic E-state index is 0.0844. The highest BCUT2D eigenvalue weighted by Crippen LogP contribution is 2.22. The third kappa shape index (κ3) is 3.77. The second kappa shape index (κ2) is 6.10. The second-order valence-electron chi connectivity index (χ2n) is 4.51. The monoisotopic (exact) mass is 249 g/mol. The first kappa shape index (κ1) is 12.5. The Labute approximate surface area is 107 Å². The van der Waals surface area contributed by atoms with Crippen LogP contribution in [0.25, 0.3) is 0 Å². The van der Waals surface area contributed by atoms with Crippen molar-refractivity contribution in [1.29, 1.82) is 0 Å². The van der Waals surface area contributed by atoms with E-state index >= 15 is 0 Å². The molecule has 1 aromatic carbocycles. The van der Waals surface area contributed by atoms with Crippen LogP contribution in [-0.2, 0) is 6.42 Å². The topological polar surface area (TPSA) is 29.1 Å². The fourth-order valence-electron chi connectivity index (χ4n) is 2.17. The Kier molecular flexibility index (Phi) is 4.49. The standard InChI is InChI=1S/C14H19NOS/c1-2-11-7-9-13(10-8-11)17-14(16)15-12-5-3-4-6-12/h7-10,12H,2-6H2,1H3,(H,15,16).